The van der Waals surface area contributed by atoms with Crippen molar-refractivity contribution in [1.29, 1.82) is 0 Å². The van der Waals surface area contributed by atoms with Gasteiger partial charge in [-0.25, -0.2) is 0 Å². The van der Waals surface area contributed by atoms with Crippen LogP contribution >= 0.6 is 0 Å². The molecule has 3 fully saturated rings. The Morgan fingerprint density at radius 2 is 2.00 bits per heavy atom. The van der Waals surface area contributed by atoms with Crippen molar-refractivity contribution < 1.29 is 14.3 Å². The first-order chi connectivity index (χ1) is 10.6. The number of nitrogens with one attached hydrogen (secondary N) is 1. The van der Waals surface area contributed by atoms with Gasteiger partial charge in [-0.1, -0.05) is 0 Å². The van der Waals surface area contributed by atoms with Gasteiger partial charge in [-0.2, -0.15) is 0 Å². The Morgan fingerprint density at radius 3 is 2.59 bits per heavy atom. The van der Waals surface area contributed by atoms with Crippen LogP contribution in [0.3, 0.4) is 0 Å². The van der Waals surface area contributed by atoms with Gasteiger partial charge in [0.1, 0.15) is 0 Å². The van der Waals surface area contributed by atoms with Crippen LogP contribution in [0.15, 0.2) is 0 Å². The standard InChI is InChI=1S/C17H28N2O3/c1-2-22-10-5-15(20)19-8-3-13(4-9-19)12-18-16(21)14-11-17(14)6-7-17/h13-14H,2-12H2,1H3,(H,18,21). The van der Waals surface area contributed by atoms with E-state index in [2.05, 4.69) is 5.32 Å². The van der Waals surface area contributed by atoms with Gasteiger partial charge in [-0.3, -0.25) is 9.59 Å². The smallest absolute Gasteiger partial charge is 0.224 e. The Bertz CT molecular complexity index is 426. The van der Waals surface area contributed by atoms with Crippen molar-refractivity contribution in [3.63, 3.8) is 0 Å². The molecule has 1 heterocycles. The molecule has 1 aliphatic heterocycles. The third-order valence-corrected chi connectivity index (χ3v) is 5.60. The van der Waals surface area contributed by atoms with Crippen molar-refractivity contribution in [2.45, 2.75) is 45.4 Å². The van der Waals surface area contributed by atoms with E-state index in [1.54, 1.807) is 0 Å². The summed E-state index contributed by atoms with van der Waals surface area (Å²) in [7, 11) is 0. The van der Waals surface area contributed by atoms with Crippen molar-refractivity contribution in [3.8, 4) is 0 Å². The van der Waals surface area contributed by atoms with Crippen molar-refractivity contribution in [2.24, 2.45) is 17.3 Å². The summed E-state index contributed by atoms with van der Waals surface area (Å²) >= 11 is 0. The maximum Gasteiger partial charge on any atom is 0.224 e. The van der Waals surface area contributed by atoms with Crippen LogP contribution in [0.1, 0.15) is 45.4 Å². The average molecular weight is 308 g/mol. The normalized spacial score (nSPS) is 26.0. The molecule has 1 spiro atoms. The second kappa shape index (κ2) is 6.57. The Hall–Kier alpha value is -1.10. The van der Waals surface area contributed by atoms with E-state index in [4.69, 9.17) is 4.74 Å². The number of rotatable bonds is 7. The molecule has 5 heteroatoms. The number of hydrogen-bond donors (Lipinski definition) is 1. The number of carbonyl (C=O) groups excluding carboxylic acids is 2. The minimum Gasteiger partial charge on any atom is -0.381 e. The summed E-state index contributed by atoms with van der Waals surface area (Å²) in [6, 6.07) is 0. The maximum atomic E-state index is 12.0. The van der Waals surface area contributed by atoms with E-state index in [0.717, 1.165) is 38.9 Å². The molecule has 1 saturated heterocycles. The number of carbonyl (C=O) groups is 2. The molecule has 0 bridgehead atoms. The second-order valence-electron chi connectivity index (χ2n) is 7.14. The van der Waals surface area contributed by atoms with E-state index in [1.807, 2.05) is 11.8 Å². The van der Waals surface area contributed by atoms with E-state index in [1.165, 1.54) is 12.8 Å². The first-order valence-electron chi connectivity index (χ1n) is 8.78. The molecule has 1 N–H and O–H groups in total. The topological polar surface area (TPSA) is 58.6 Å². The van der Waals surface area contributed by atoms with Crippen LogP contribution in [0, 0.1) is 17.3 Å². The zero-order chi connectivity index (χ0) is 15.6. The van der Waals surface area contributed by atoms with Gasteiger partial charge in [0, 0.05) is 32.2 Å². The monoisotopic (exact) mass is 308 g/mol. The third-order valence-electron chi connectivity index (χ3n) is 5.60. The average Bonchev–Trinajstić information content (AvgIpc) is 3.45. The highest BCUT2D eigenvalue weighted by atomic mass is 16.5. The predicted octanol–water partition coefficient (Wildman–Crippen LogP) is 1.57. The van der Waals surface area contributed by atoms with E-state index in [9.17, 15) is 9.59 Å². The molecule has 3 rings (SSSR count). The maximum absolute atomic E-state index is 12.0. The number of piperidine rings is 1. The van der Waals surface area contributed by atoms with Crippen molar-refractivity contribution in [1.82, 2.24) is 10.2 Å². The van der Waals surface area contributed by atoms with Gasteiger partial charge in [0.2, 0.25) is 11.8 Å². The van der Waals surface area contributed by atoms with E-state index in [0.29, 0.717) is 36.9 Å². The predicted molar refractivity (Wildman–Crippen MR) is 83.2 cm³/mol. The minimum absolute atomic E-state index is 0.199. The highest BCUT2D eigenvalue weighted by Gasteiger charge is 2.65. The zero-order valence-corrected chi connectivity index (χ0v) is 13.6. The Labute approximate surface area is 132 Å². The van der Waals surface area contributed by atoms with Crippen molar-refractivity contribution in [2.75, 3.05) is 32.8 Å². The molecule has 124 valence electrons. The van der Waals surface area contributed by atoms with E-state index in [-0.39, 0.29) is 11.8 Å². The van der Waals surface area contributed by atoms with Gasteiger partial charge in [-0.15, -0.1) is 0 Å². The van der Waals surface area contributed by atoms with Gasteiger partial charge in [-0.05, 0) is 50.4 Å². The fourth-order valence-electron chi connectivity index (χ4n) is 3.65. The molecule has 0 radical (unpaired) electrons. The lowest BCUT2D eigenvalue weighted by Gasteiger charge is -2.32. The lowest BCUT2D eigenvalue weighted by atomic mass is 9.96. The quantitative estimate of drug-likeness (QED) is 0.726. The Morgan fingerprint density at radius 1 is 1.27 bits per heavy atom. The summed E-state index contributed by atoms with van der Waals surface area (Å²) in [5, 5.41) is 3.13. The third kappa shape index (κ3) is 3.62. The highest BCUT2D eigenvalue weighted by molar-refractivity contribution is 5.83. The number of amides is 2. The molecule has 2 saturated carbocycles. The molecule has 1 atom stereocenters. The lowest BCUT2D eigenvalue weighted by Crippen LogP contribution is -2.42. The van der Waals surface area contributed by atoms with Gasteiger partial charge < -0.3 is 15.0 Å². The van der Waals surface area contributed by atoms with Crippen LogP contribution in [-0.2, 0) is 14.3 Å². The molecule has 0 aromatic heterocycles. The summed E-state index contributed by atoms with van der Waals surface area (Å²) in [6.07, 6.45) is 6.11. The number of likely N-dealkylation sites (tertiary alicyclic amines) is 1. The highest BCUT2D eigenvalue weighted by Crippen LogP contribution is 2.70. The summed E-state index contributed by atoms with van der Waals surface area (Å²) in [4.78, 5) is 26.0. The molecule has 22 heavy (non-hydrogen) atoms. The van der Waals surface area contributed by atoms with E-state index >= 15 is 0 Å². The molecule has 0 aromatic rings. The number of nitrogens with zero attached hydrogens (tertiary/aromatic N) is 1. The lowest BCUT2D eigenvalue weighted by molar-refractivity contribution is -0.134. The molecule has 5 nitrogen and oxygen atoms in total. The molecule has 1 unspecified atom stereocenters. The fraction of sp³-hybridized carbons (Fsp3) is 0.882. The largest absolute Gasteiger partial charge is 0.381 e. The molecular weight excluding hydrogens is 280 g/mol. The van der Waals surface area contributed by atoms with Crippen LogP contribution in [0.5, 0.6) is 0 Å². The van der Waals surface area contributed by atoms with Crippen LogP contribution in [0.25, 0.3) is 0 Å². The van der Waals surface area contributed by atoms with Gasteiger partial charge in [0.15, 0.2) is 0 Å². The molecular formula is C17H28N2O3. The molecule has 2 aliphatic carbocycles. The van der Waals surface area contributed by atoms with Gasteiger partial charge >= 0.3 is 0 Å². The summed E-state index contributed by atoms with van der Waals surface area (Å²) in [6.45, 7) is 5.55. The minimum atomic E-state index is 0.199. The SMILES string of the molecule is CCOCCC(=O)N1CCC(CNC(=O)C2CC23CC3)CC1. The zero-order valence-electron chi connectivity index (χ0n) is 13.6. The first kappa shape index (κ1) is 15.8. The van der Waals surface area contributed by atoms with E-state index < -0.39 is 0 Å². The van der Waals surface area contributed by atoms with Crippen LogP contribution in [-0.4, -0.2) is 49.6 Å². The molecule has 2 amide bonds. The molecule has 0 aromatic carbocycles. The summed E-state index contributed by atoms with van der Waals surface area (Å²) in [5.74, 6) is 1.30. The Balaban J connectivity index is 1.30. The van der Waals surface area contributed by atoms with Crippen molar-refractivity contribution in [3.05, 3.63) is 0 Å². The van der Waals surface area contributed by atoms with Gasteiger partial charge in [0.25, 0.3) is 0 Å². The summed E-state index contributed by atoms with van der Waals surface area (Å²) in [5.41, 5.74) is 0.445. The summed E-state index contributed by atoms with van der Waals surface area (Å²) < 4.78 is 5.24. The number of ether oxygens (including phenoxy) is 1. The van der Waals surface area contributed by atoms with Crippen molar-refractivity contribution >= 4 is 11.8 Å². The Kier molecular flexibility index (Phi) is 4.71. The van der Waals surface area contributed by atoms with Crippen LogP contribution < -0.4 is 5.32 Å². The van der Waals surface area contributed by atoms with Gasteiger partial charge in [0.05, 0.1) is 13.0 Å². The second-order valence-corrected chi connectivity index (χ2v) is 7.14. The fourth-order valence-corrected chi connectivity index (χ4v) is 3.65. The number of hydrogen-bond acceptors (Lipinski definition) is 3. The first-order valence-corrected chi connectivity index (χ1v) is 8.78. The van der Waals surface area contributed by atoms with Crippen LogP contribution in [0.4, 0.5) is 0 Å². The molecule has 3 aliphatic rings. The van der Waals surface area contributed by atoms with Crippen LogP contribution in [0.2, 0.25) is 0 Å².